The number of nitrogens with zero attached hydrogens (tertiary/aromatic N) is 3. The minimum atomic E-state index is -3.81. The fourth-order valence-corrected chi connectivity index (χ4v) is 4.89. The maximum Gasteiger partial charge on any atom is 0.345 e. The SMILES string of the molecule is CN(Cc1ncn[nH]1)S(=O)(=O)c1cc(C(=O)O)sc1Br. The lowest BCUT2D eigenvalue weighted by atomic mass is 10.5. The first-order chi connectivity index (χ1) is 9.32. The fraction of sp³-hybridized carbons (Fsp3) is 0.222. The Balaban J connectivity index is 2.32. The molecule has 108 valence electrons. The van der Waals surface area contributed by atoms with Crippen LogP contribution in [0.2, 0.25) is 0 Å². The highest BCUT2D eigenvalue weighted by Crippen LogP contribution is 2.33. The molecule has 11 heteroatoms. The van der Waals surface area contributed by atoms with Gasteiger partial charge in [-0.15, -0.1) is 11.3 Å². The van der Waals surface area contributed by atoms with Crippen LogP contribution in [0, 0.1) is 0 Å². The van der Waals surface area contributed by atoms with Gasteiger partial charge < -0.3 is 5.11 Å². The van der Waals surface area contributed by atoms with Gasteiger partial charge in [-0.1, -0.05) is 0 Å². The molecule has 2 heterocycles. The first-order valence-electron chi connectivity index (χ1n) is 5.15. The summed E-state index contributed by atoms with van der Waals surface area (Å²) in [5, 5.41) is 15.1. The number of carbonyl (C=O) groups is 1. The van der Waals surface area contributed by atoms with Crippen LogP contribution in [-0.4, -0.2) is 46.0 Å². The maximum atomic E-state index is 12.4. The number of carboxylic acid groups (broad SMARTS) is 1. The number of aromatic nitrogens is 3. The summed E-state index contributed by atoms with van der Waals surface area (Å²) in [5.41, 5.74) is 0. The molecule has 0 aliphatic rings. The highest BCUT2D eigenvalue weighted by atomic mass is 79.9. The molecule has 2 rings (SSSR count). The third kappa shape index (κ3) is 2.90. The quantitative estimate of drug-likeness (QED) is 0.803. The third-order valence-electron chi connectivity index (χ3n) is 2.39. The molecule has 2 N–H and O–H groups in total. The molecule has 0 atom stereocenters. The second-order valence-corrected chi connectivity index (χ2v) is 8.13. The van der Waals surface area contributed by atoms with Gasteiger partial charge >= 0.3 is 5.97 Å². The van der Waals surface area contributed by atoms with Crippen LogP contribution < -0.4 is 0 Å². The summed E-state index contributed by atoms with van der Waals surface area (Å²) >= 11 is 3.93. The van der Waals surface area contributed by atoms with Gasteiger partial charge in [0.2, 0.25) is 10.0 Å². The van der Waals surface area contributed by atoms with Gasteiger partial charge in [-0.25, -0.2) is 18.2 Å². The summed E-state index contributed by atoms with van der Waals surface area (Å²) in [5.74, 6) is -0.782. The van der Waals surface area contributed by atoms with Crippen LogP contribution in [0.4, 0.5) is 0 Å². The number of nitrogens with one attached hydrogen (secondary N) is 1. The normalized spacial score (nSPS) is 11.9. The van der Waals surface area contributed by atoms with E-state index in [4.69, 9.17) is 5.11 Å². The van der Waals surface area contributed by atoms with Crippen LogP contribution in [0.5, 0.6) is 0 Å². The van der Waals surface area contributed by atoms with E-state index in [1.807, 2.05) is 0 Å². The van der Waals surface area contributed by atoms with Gasteiger partial charge in [0.25, 0.3) is 0 Å². The van der Waals surface area contributed by atoms with E-state index in [0.29, 0.717) is 5.82 Å². The lowest BCUT2D eigenvalue weighted by Gasteiger charge is -2.14. The highest BCUT2D eigenvalue weighted by molar-refractivity contribution is 9.11. The van der Waals surface area contributed by atoms with Crippen LogP contribution in [0.1, 0.15) is 15.5 Å². The Morgan fingerprint density at radius 1 is 1.60 bits per heavy atom. The number of carboxylic acids is 1. The van der Waals surface area contributed by atoms with E-state index < -0.39 is 16.0 Å². The Bertz CT molecular complexity index is 725. The number of sulfonamides is 1. The van der Waals surface area contributed by atoms with Gasteiger partial charge in [0.05, 0.1) is 10.3 Å². The molecule has 0 bridgehead atoms. The number of aromatic carboxylic acids is 1. The summed E-state index contributed by atoms with van der Waals surface area (Å²) in [4.78, 5) is 14.6. The van der Waals surface area contributed by atoms with Crippen LogP contribution in [0.3, 0.4) is 0 Å². The van der Waals surface area contributed by atoms with E-state index in [9.17, 15) is 13.2 Å². The van der Waals surface area contributed by atoms with Gasteiger partial charge in [-0.3, -0.25) is 5.10 Å². The van der Waals surface area contributed by atoms with Crippen molar-refractivity contribution in [2.45, 2.75) is 11.4 Å². The first kappa shape index (κ1) is 15.1. The highest BCUT2D eigenvalue weighted by Gasteiger charge is 2.27. The molecule has 0 aliphatic heterocycles. The summed E-state index contributed by atoms with van der Waals surface area (Å²) in [6, 6.07) is 1.13. The average molecular weight is 381 g/mol. The number of halogens is 1. The predicted octanol–water partition coefficient (Wildman–Crippen LogP) is 1.15. The van der Waals surface area contributed by atoms with E-state index in [0.717, 1.165) is 21.7 Å². The lowest BCUT2D eigenvalue weighted by Crippen LogP contribution is -2.27. The van der Waals surface area contributed by atoms with Crippen LogP contribution >= 0.6 is 27.3 Å². The van der Waals surface area contributed by atoms with Crippen molar-refractivity contribution in [3.63, 3.8) is 0 Å². The molecule has 0 aliphatic carbocycles. The van der Waals surface area contributed by atoms with Crippen molar-refractivity contribution < 1.29 is 18.3 Å². The Morgan fingerprint density at radius 2 is 2.30 bits per heavy atom. The van der Waals surface area contributed by atoms with Crippen LogP contribution in [0.15, 0.2) is 21.1 Å². The van der Waals surface area contributed by atoms with Crippen molar-refractivity contribution in [2.24, 2.45) is 0 Å². The summed E-state index contributed by atoms with van der Waals surface area (Å²) in [7, 11) is -2.44. The Morgan fingerprint density at radius 3 is 2.80 bits per heavy atom. The van der Waals surface area contributed by atoms with E-state index in [1.54, 1.807) is 0 Å². The predicted molar refractivity (Wildman–Crippen MR) is 74.0 cm³/mol. The van der Waals surface area contributed by atoms with E-state index in [1.165, 1.54) is 13.4 Å². The van der Waals surface area contributed by atoms with Crippen molar-refractivity contribution in [1.82, 2.24) is 19.5 Å². The molecule has 0 aromatic carbocycles. The van der Waals surface area contributed by atoms with Crippen molar-refractivity contribution in [1.29, 1.82) is 0 Å². The first-order valence-corrected chi connectivity index (χ1v) is 8.20. The van der Waals surface area contributed by atoms with Gasteiger partial charge in [0, 0.05) is 7.05 Å². The number of hydrogen-bond donors (Lipinski definition) is 2. The second-order valence-electron chi connectivity index (χ2n) is 3.75. The van der Waals surface area contributed by atoms with E-state index in [-0.39, 0.29) is 20.1 Å². The van der Waals surface area contributed by atoms with Gasteiger partial charge in [-0.2, -0.15) is 9.40 Å². The number of thiophene rings is 1. The molecule has 8 nitrogen and oxygen atoms in total. The third-order valence-corrected chi connectivity index (χ3v) is 6.44. The van der Waals surface area contributed by atoms with E-state index >= 15 is 0 Å². The standard InChI is InChI=1S/C9H9BrN4O4S2/c1-14(3-7-11-4-12-13-7)20(17,18)6-2-5(9(15)16)19-8(6)10/h2,4H,3H2,1H3,(H,15,16)(H,11,12,13). The topological polar surface area (TPSA) is 116 Å². The largest absolute Gasteiger partial charge is 0.477 e. The van der Waals surface area contributed by atoms with Crippen molar-refractivity contribution in [3.05, 3.63) is 26.9 Å². The number of H-pyrrole nitrogens is 1. The van der Waals surface area contributed by atoms with Crippen LogP contribution in [-0.2, 0) is 16.6 Å². The van der Waals surface area contributed by atoms with Crippen molar-refractivity contribution in [3.8, 4) is 0 Å². The summed E-state index contributed by atoms with van der Waals surface area (Å²) in [6.07, 6.45) is 1.28. The molecule has 20 heavy (non-hydrogen) atoms. The number of hydrogen-bond acceptors (Lipinski definition) is 6. The second kappa shape index (κ2) is 5.60. The molecule has 0 fully saturated rings. The zero-order chi connectivity index (χ0) is 14.9. The van der Waals surface area contributed by atoms with Crippen molar-refractivity contribution >= 4 is 43.3 Å². The molecule has 2 aromatic heterocycles. The van der Waals surface area contributed by atoms with Crippen LogP contribution in [0.25, 0.3) is 0 Å². The lowest BCUT2D eigenvalue weighted by molar-refractivity contribution is 0.0702. The smallest absolute Gasteiger partial charge is 0.345 e. The molecule has 0 radical (unpaired) electrons. The fourth-order valence-electron chi connectivity index (χ4n) is 1.40. The zero-order valence-corrected chi connectivity index (χ0v) is 13.3. The minimum Gasteiger partial charge on any atom is -0.477 e. The summed E-state index contributed by atoms with van der Waals surface area (Å²) in [6.45, 7) is 0.00697. The van der Waals surface area contributed by atoms with Crippen molar-refractivity contribution in [2.75, 3.05) is 7.05 Å². The Hall–Kier alpha value is -1.30. The number of aromatic amines is 1. The summed E-state index contributed by atoms with van der Waals surface area (Å²) < 4.78 is 26.0. The molecule has 0 unspecified atom stereocenters. The monoisotopic (exact) mass is 380 g/mol. The molecular formula is C9H9BrN4O4S2. The molecule has 0 saturated heterocycles. The zero-order valence-electron chi connectivity index (χ0n) is 10.1. The molecular weight excluding hydrogens is 372 g/mol. The van der Waals surface area contributed by atoms with Gasteiger partial charge in [-0.05, 0) is 22.0 Å². The Labute approximate surface area is 126 Å². The maximum absolute atomic E-state index is 12.4. The van der Waals surface area contributed by atoms with E-state index in [2.05, 4.69) is 31.1 Å². The molecule has 0 saturated carbocycles. The molecule has 2 aromatic rings. The minimum absolute atomic E-state index is 0.00697. The molecule has 0 amide bonds. The average Bonchev–Trinajstić information content (AvgIpc) is 2.98. The number of rotatable bonds is 5. The molecule has 0 spiro atoms. The Kier molecular flexibility index (Phi) is 4.22. The van der Waals surface area contributed by atoms with Gasteiger partial charge in [0.1, 0.15) is 21.9 Å². The van der Waals surface area contributed by atoms with Gasteiger partial charge in [0.15, 0.2) is 0 Å².